The van der Waals surface area contributed by atoms with E-state index >= 15 is 0 Å². The van der Waals surface area contributed by atoms with Gasteiger partial charge in [0.15, 0.2) is 11.5 Å². The summed E-state index contributed by atoms with van der Waals surface area (Å²) in [5.74, 6) is 1.52. The normalized spacial score (nSPS) is 10.9. The Kier molecular flexibility index (Phi) is 10.8. The lowest BCUT2D eigenvalue weighted by Crippen LogP contribution is -2.16. The van der Waals surface area contributed by atoms with Crippen molar-refractivity contribution in [1.82, 2.24) is 5.32 Å². The van der Waals surface area contributed by atoms with Crippen molar-refractivity contribution in [2.24, 2.45) is 0 Å². The molecule has 1 N–H and O–H groups in total. The fourth-order valence-corrected chi connectivity index (χ4v) is 3.62. The number of hydrogen-bond donors (Lipinski definition) is 1. The van der Waals surface area contributed by atoms with E-state index in [1.54, 1.807) is 7.11 Å². The molecule has 0 heterocycles. The minimum absolute atomic E-state index is 0.467. The van der Waals surface area contributed by atoms with Gasteiger partial charge >= 0.3 is 0 Å². The van der Waals surface area contributed by atoms with Crippen molar-refractivity contribution in [3.63, 3.8) is 0 Å². The van der Waals surface area contributed by atoms with Crippen LogP contribution in [0, 0.1) is 0 Å². The highest BCUT2D eigenvalue weighted by molar-refractivity contribution is 9.10. The number of unbranched alkanes of at least 4 members (excludes halogenated alkanes) is 5. The van der Waals surface area contributed by atoms with E-state index in [-0.39, 0.29) is 0 Å². The zero-order chi connectivity index (χ0) is 20.2. The van der Waals surface area contributed by atoms with E-state index in [1.807, 2.05) is 36.4 Å². The maximum absolute atomic E-state index is 6.15. The lowest BCUT2D eigenvalue weighted by molar-refractivity contribution is 0.280. The van der Waals surface area contributed by atoms with Crippen LogP contribution < -0.4 is 14.8 Å². The average molecular weight is 469 g/mol. The summed E-state index contributed by atoms with van der Waals surface area (Å²) < 4.78 is 12.7. The van der Waals surface area contributed by atoms with Crippen LogP contribution in [0.5, 0.6) is 11.5 Å². The number of nitrogens with one attached hydrogen (secondary N) is 1. The molecule has 0 saturated heterocycles. The molecule has 5 heteroatoms. The molecular weight excluding hydrogens is 438 g/mol. The van der Waals surface area contributed by atoms with Gasteiger partial charge in [-0.3, -0.25) is 0 Å². The van der Waals surface area contributed by atoms with Crippen LogP contribution in [0.3, 0.4) is 0 Å². The Morgan fingerprint density at radius 2 is 1.68 bits per heavy atom. The zero-order valence-electron chi connectivity index (χ0n) is 16.9. The first-order valence-corrected chi connectivity index (χ1v) is 11.3. The zero-order valence-corrected chi connectivity index (χ0v) is 19.2. The third kappa shape index (κ3) is 7.65. The largest absolute Gasteiger partial charge is 0.493 e. The van der Waals surface area contributed by atoms with E-state index in [2.05, 4.69) is 28.2 Å². The van der Waals surface area contributed by atoms with Crippen LogP contribution in [0.2, 0.25) is 5.02 Å². The molecule has 0 aliphatic carbocycles. The smallest absolute Gasteiger partial charge is 0.167 e. The molecule has 0 bridgehead atoms. The number of methoxy groups -OCH3 is 1. The van der Waals surface area contributed by atoms with Crippen molar-refractivity contribution in [3.05, 3.63) is 57.0 Å². The van der Waals surface area contributed by atoms with Crippen molar-refractivity contribution < 1.29 is 9.47 Å². The molecule has 0 fully saturated rings. The summed E-state index contributed by atoms with van der Waals surface area (Å²) in [5, 5.41) is 4.27. The van der Waals surface area contributed by atoms with Crippen LogP contribution in [-0.2, 0) is 13.2 Å². The summed E-state index contributed by atoms with van der Waals surface area (Å²) in [7, 11) is 1.67. The first kappa shape index (κ1) is 23.1. The maximum atomic E-state index is 6.15. The summed E-state index contributed by atoms with van der Waals surface area (Å²) >= 11 is 9.63. The second-order valence-corrected chi connectivity index (χ2v) is 8.21. The van der Waals surface area contributed by atoms with E-state index in [1.165, 1.54) is 38.5 Å². The second kappa shape index (κ2) is 13.1. The van der Waals surface area contributed by atoms with Crippen LogP contribution in [0.4, 0.5) is 0 Å². The van der Waals surface area contributed by atoms with Crippen molar-refractivity contribution >= 4 is 27.5 Å². The lowest BCUT2D eigenvalue weighted by atomic mass is 10.1. The van der Waals surface area contributed by atoms with E-state index < -0.39 is 0 Å². The molecular formula is C23H31BrClNO2. The van der Waals surface area contributed by atoms with Gasteiger partial charge in [-0.25, -0.2) is 0 Å². The van der Waals surface area contributed by atoms with Gasteiger partial charge in [0, 0.05) is 21.6 Å². The molecule has 0 aromatic heterocycles. The minimum Gasteiger partial charge on any atom is -0.493 e. The Bertz CT molecular complexity index is 706. The summed E-state index contributed by atoms with van der Waals surface area (Å²) in [6, 6.07) is 11.6. The molecule has 2 rings (SSSR count). The molecule has 0 atom stereocenters. The topological polar surface area (TPSA) is 30.5 Å². The molecule has 0 radical (unpaired) electrons. The SMILES string of the molecule is CCCCCCCCNCc1c(Br)ccc(OC)c1OCc1ccc(Cl)cc1. The average Bonchev–Trinajstić information content (AvgIpc) is 2.71. The number of benzene rings is 2. The molecule has 2 aromatic rings. The van der Waals surface area contributed by atoms with Gasteiger partial charge in [0.05, 0.1) is 7.11 Å². The van der Waals surface area contributed by atoms with Gasteiger partial charge in [0.2, 0.25) is 0 Å². The highest BCUT2D eigenvalue weighted by atomic mass is 79.9. The van der Waals surface area contributed by atoms with Gasteiger partial charge in [-0.1, -0.05) is 78.7 Å². The Balaban J connectivity index is 1.93. The molecule has 2 aromatic carbocycles. The highest BCUT2D eigenvalue weighted by Gasteiger charge is 2.14. The quantitative estimate of drug-likeness (QED) is 0.317. The van der Waals surface area contributed by atoms with Crippen molar-refractivity contribution in [1.29, 1.82) is 0 Å². The van der Waals surface area contributed by atoms with Gasteiger partial charge < -0.3 is 14.8 Å². The maximum Gasteiger partial charge on any atom is 0.167 e. The Labute approximate surface area is 182 Å². The molecule has 0 unspecified atom stereocenters. The Hall–Kier alpha value is -1.23. The first-order chi connectivity index (χ1) is 13.7. The van der Waals surface area contributed by atoms with Gasteiger partial charge in [-0.05, 0) is 42.8 Å². The molecule has 0 aliphatic heterocycles. The first-order valence-electron chi connectivity index (χ1n) is 10.1. The minimum atomic E-state index is 0.467. The fourth-order valence-electron chi connectivity index (χ4n) is 3.05. The van der Waals surface area contributed by atoms with Gasteiger partial charge in [-0.15, -0.1) is 0 Å². The predicted molar refractivity (Wildman–Crippen MR) is 122 cm³/mol. The van der Waals surface area contributed by atoms with Crippen LogP contribution in [-0.4, -0.2) is 13.7 Å². The fraction of sp³-hybridized carbons (Fsp3) is 0.478. The molecule has 0 amide bonds. The van der Waals surface area contributed by atoms with Crippen molar-refractivity contribution in [2.75, 3.05) is 13.7 Å². The number of ether oxygens (including phenoxy) is 2. The number of hydrogen-bond acceptors (Lipinski definition) is 3. The van der Waals surface area contributed by atoms with Crippen molar-refractivity contribution in [3.8, 4) is 11.5 Å². The second-order valence-electron chi connectivity index (χ2n) is 6.92. The van der Waals surface area contributed by atoms with Crippen LogP contribution in [0.25, 0.3) is 0 Å². The van der Waals surface area contributed by atoms with E-state index in [9.17, 15) is 0 Å². The van der Waals surface area contributed by atoms with Crippen LogP contribution in [0.1, 0.15) is 56.6 Å². The summed E-state index contributed by atoms with van der Waals surface area (Å²) in [6.45, 7) is 4.46. The summed E-state index contributed by atoms with van der Waals surface area (Å²) in [6.07, 6.45) is 7.80. The Morgan fingerprint density at radius 1 is 0.964 bits per heavy atom. The number of halogens is 2. The van der Waals surface area contributed by atoms with Crippen molar-refractivity contribution in [2.45, 2.75) is 58.6 Å². The molecule has 0 spiro atoms. The molecule has 3 nitrogen and oxygen atoms in total. The van der Waals surface area contributed by atoms with Gasteiger partial charge in [0.25, 0.3) is 0 Å². The third-order valence-electron chi connectivity index (χ3n) is 4.69. The number of rotatable bonds is 13. The highest BCUT2D eigenvalue weighted by Crippen LogP contribution is 2.36. The molecule has 28 heavy (non-hydrogen) atoms. The van der Waals surface area contributed by atoms with E-state index in [4.69, 9.17) is 21.1 Å². The standard InChI is InChI=1S/C23H31BrClNO2/c1-3-4-5-6-7-8-15-26-16-20-21(24)13-14-22(27-2)23(20)28-17-18-9-11-19(25)12-10-18/h9-14,26H,3-8,15-17H2,1-2H3. The van der Waals surface area contributed by atoms with E-state index in [0.717, 1.165) is 45.2 Å². The molecule has 154 valence electrons. The Morgan fingerprint density at radius 3 is 2.39 bits per heavy atom. The van der Waals surface area contributed by atoms with E-state index in [0.29, 0.717) is 6.61 Å². The third-order valence-corrected chi connectivity index (χ3v) is 5.69. The lowest BCUT2D eigenvalue weighted by Gasteiger charge is -2.17. The molecule has 0 saturated carbocycles. The predicted octanol–water partition coefficient (Wildman–Crippen LogP) is 7.14. The van der Waals surface area contributed by atoms with Gasteiger partial charge in [0.1, 0.15) is 6.61 Å². The van der Waals surface area contributed by atoms with Crippen LogP contribution >= 0.6 is 27.5 Å². The summed E-state index contributed by atoms with van der Waals surface area (Å²) in [5.41, 5.74) is 2.15. The summed E-state index contributed by atoms with van der Waals surface area (Å²) in [4.78, 5) is 0. The molecule has 0 aliphatic rings. The van der Waals surface area contributed by atoms with Gasteiger partial charge in [-0.2, -0.15) is 0 Å². The monoisotopic (exact) mass is 467 g/mol. The van der Waals surface area contributed by atoms with Crippen LogP contribution in [0.15, 0.2) is 40.9 Å².